The van der Waals surface area contributed by atoms with Crippen molar-refractivity contribution in [2.24, 2.45) is 29.6 Å². The van der Waals surface area contributed by atoms with Gasteiger partial charge in [-0.2, -0.15) is 0 Å². The Labute approximate surface area is 94.8 Å². The van der Waals surface area contributed by atoms with Crippen LogP contribution in [-0.2, 0) is 0 Å². The van der Waals surface area contributed by atoms with Gasteiger partial charge in [-0.15, -0.1) is 0 Å². The van der Waals surface area contributed by atoms with E-state index in [1.54, 1.807) is 44.9 Å². The first kappa shape index (κ1) is 10.2. The summed E-state index contributed by atoms with van der Waals surface area (Å²) in [6.45, 7) is 2.40. The zero-order valence-electron chi connectivity index (χ0n) is 10.3. The fourth-order valence-corrected chi connectivity index (χ4v) is 5.07. The standard InChI is InChI=1S/C15H26/c1-2-11-7-8-15-13(9-11)10-12-5-3-4-6-14(12)15/h11-15H,2-10H2,1H3. The van der Waals surface area contributed by atoms with E-state index in [4.69, 9.17) is 0 Å². The Hall–Kier alpha value is 0. The minimum absolute atomic E-state index is 1.09. The van der Waals surface area contributed by atoms with Crippen LogP contribution in [0.4, 0.5) is 0 Å². The predicted molar refractivity (Wildman–Crippen MR) is 64.7 cm³/mol. The molecule has 0 radical (unpaired) electrons. The van der Waals surface area contributed by atoms with E-state index in [-0.39, 0.29) is 0 Å². The molecule has 0 saturated heterocycles. The van der Waals surface area contributed by atoms with E-state index in [9.17, 15) is 0 Å². The Balaban J connectivity index is 1.69. The van der Waals surface area contributed by atoms with Crippen LogP contribution in [0, 0.1) is 29.6 Å². The molecule has 0 bridgehead atoms. The van der Waals surface area contributed by atoms with Gasteiger partial charge >= 0.3 is 0 Å². The minimum atomic E-state index is 1.09. The maximum Gasteiger partial charge on any atom is -0.0354 e. The highest BCUT2D eigenvalue weighted by molar-refractivity contribution is 4.95. The summed E-state index contributed by atoms with van der Waals surface area (Å²) in [6.07, 6.45) is 14.0. The highest BCUT2D eigenvalue weighted by atomic mass is 14.5. The average molecular weight is 206 g/mol. The second kappa shape index (κ2) is 4.11. The molecule has 0 amide bonds. The third-order valence-electron chi connectivity index (χ3n) is 5.85. The summed E-state index contributed by atoms with van der Waals surface area (Å²) < 4.78 is 0. The summed E-state index contributed by atoms with van der Waals surface area (Å²) in [4.78, 5) is 0. The van der Waals surface area contributed by atoms with Gasteiger partial charge in [0.05, 0.1) is 0 Å². The van der Waals surface area contributed by atoms with E-state index in [0.29, 0.717) is 0 Å². The van der Waals surface area contributed by atoms with Crippen molar-refractivity contribution in [1.82, 2.24) is 0 Å². The molecule has 5 atom stereocenters. The lowest BCUT2D eigenvalue weighted by Gasteiger charge is -2.35. The SMILES string of the molecule is CCC1CCC2C(C1)CC1CCCCC12. The summed E-state index contributed by atoms with van der Waals surface area (Å²) in [7, 11) is 0. The van der Waals surface area contributed by atoms with Crippen LogP contribution in [0.3, 0.4) is 0 Å². The summed E-state index contributed by atoms with van der Waals surface area (Å²) >= 11 is 0. The normalized spacial score (nSPS) is 49.8. The van der Waals surface area contributed by atoms with E-state index >= 15 is 0 Å². The summed E-state index contributed by atoms with van der Waals surface area (Å²) in [5.74, 6) is 5.73. The predicted octanol–water partition coefficient (Wildman–Crippen LogP) is 4.64. The van der Waals surface area contributed by atoms with Crippen LogP contribution in [0.1, 0.15) is 64.7 Å². The van der Waals surface area contributed by atoms with E-state index in [0.717, 1.165) is 23.7 Å². The number of hydrogen-bond acceptors (Lipinski definition) is 0. The van der Waals surface area contributed by atoms with Crippen LogP contribution in [0.2, 0.25) is 0 Å². The van der Waals surface area contributed by atoms with Crippen molar-refractivity contribution >= 4 is 0 Å². The molecule has 86 valence electrons. The minimum Gasteiger partial charge on any atom is -0.0651 e. The molecule has 0 nitrogen and oxygen atoms in total. The van der Waals surface area contributed by atoms with E-state index in [2.05, 4.69) is 6.92 Å². The first-order valence-corrected chi connectivity index (χ1v) is 7.38. The molecule has 0 aromatic rings. The second-order valence-corrected chi connectivity index (χ2v) is 6.46. The van der Waals surface area contributed by atoms with E-state index < -0.39 is 0 Å². The maximum absolute atomic E-state index is 2.40. The molecule has 15 heavy (non-hydrogen) atoms. The van der Waals surface area contributed by atoms with E-state index in [1.807, 2.05) is 0 Å². The third-order valence-corrected chi connectivity index (χ3v) is 5.85. The molecule has 0 heterocycles. The van der Waals surface area contributed by atoms with Gasteiger partial charge in [-0.05, 0) is 55.3 Å². The lowest BCUT2D eigenvalue weighted by Crippen LogP contribution is -2.25. The van der Waals surface area contributed by atoms with Crippen molar-refractivity contribution in [3.63, 3.8) is 0 Å². The third kappa shape index (κ3) is 1.74. The van der Waals surface area contributed by atoms with Gasteiger partial charge in [0.2, 0.25) is 0 Å². The summed E-state index contributed by atoms with van der Waals surface area (Å²) in [5.41, 5.74) is 0. The van der Waals surface area contributed by atoms with Crippen molar-refractivity contribution in [1.29, 1.82) is 0 Å². The number of fused-ring (bicyclic) bond motifs is 3. The molecule has 0 spiro atoms. The lowest BCUT2D eigenvalue weighted by atomic mass is 9.70. The van der Waals surface area contributed by atoms with Gasteiger partial charge in [0, 0.05) is 0 Å². The van der Waals surface area contributed by atoms with Crippen LogP contribution in [-0.4, -0.2) is 0 Å². The molecular weight excluding hydrogens is 180 g/mol. The smallest absolute Gasteiger partial charge is 0.0354 e. The molecular formula is C15H26. The molecule has 3 aliphatic rings. The molecule has 0 aromatic heterocycles. The Bertz CT molecular complexity index is 220. The molecule has 5 unspecified atom stereocenters. The van der Waals surface area contributed by atoms with Crippen molar-refractivity contribution in [3.8, 4) is 0 Å². The van der Waals surface area contributed by atoms with Crippen LogP contribution >= 0.6 is 0 Å². The fraction of sp³-hybridized carbons (Fsp3) is 1.00. The van der Waals surface area contributed by atoms with Crippen molar-refractivity contribution in [2.45, 2.75) is 64.7 Å². The molecule has 0 aliphatic heterocycles. The molecule has 0 N–H and O–H groups in total. The molecule has 3 fully saturated rings. The summed E-state index contributed by atoms with van der Waals surface area (Å²) in [5, 5.41) is 0. The topological polar surface area (TPSA) is 0 Å². The zero-order valence-corrected chi connectivity index (χ0v) is 10.3. The largest absolute Gasteiger partial charge is 0.0651 e. The van der Waals surface area contributed by atoms with E-state index in [1.165, 1.54) is 18.8 Å². The highest BCUT2D eigenvalue weighted by Gasteiger charge is 2.45. The summed E-state index contributed by atoms with van der Waals surface area (Å²) in [6, 6.07) is 0. The van der Waals surface area contributed by atoms with Gasteiger partial charge < -0.3 is 0 Å². The highest BCUT2D eigenvalue weighted by Crippen LogP contribution is 2.55. The van der Waals surface area contributed by atoms with Gasteiger partial charge in [-0.1, -0.05) is 39.0 Å². The van der Waals surface area contributed by atoms with Crippen LogP contribution in [0.5, 0.6) is 0 Å². The number of rotatable bonds is 1. The van der Waals surface area contributed by atoms with Gasteiger partial charge in [0.25, 0.3) is 0 Å². The monoisotopic (exact) mass is 206 g/mol. The Morgan fingerprint density at radius 3 is 2.47 bits per heavy atom. The maximum atomic E-state index is 2.40. The average Bonchev–Trinajstić information content (AvgIpc) is 2.66. The first-order chi connectivity index (χ1) is 7.38. The second-order valence-electron chi connectivity index (χ2n) is 6.46. The Morgan fingerprint density at radius 1 is 0.800 bits per heavy atom. The van der Waals surface area contributed by atoms with Gasteiger partial charge in [0.15, 0.2) is 0 Å². The molecule has 0 aromatic carbocycles. The molecule has 0 heteroatoms. The fourth-order valence-electron chi connectivity index (χ4n) is 5.07. The van der Waals surface area contributed by atoms with Gasteiger partial charge in [-0.3, -0.25) is 0 Å². The molecule has 3 saturated carbocycles. The first-order valence-electron chi connectivity index (χ1n) is 7.38. The number of hydrogen-bond donors (Lipinski definition) is 0. The van der Waals surface area contributed by atoms with Crippen molar-refractivity contribution in [2.75, 3.05) is 0 Å². The molecule has 3 rings (SSSR count). The van der Waals surface area contributed by atoms with Crippen LogP contribution in [0.15, 0.2) is 0 Å². The Kier molecular flexibility index (Phi) is 2.79. The van der Waals surface area contributed by atoms with Gasteiger partial charge in [0.1, 0.15) is 0 Å². The van der Waals surface area contributed by atoms with Crippen molar-refractivity contribution < 1.29 is 0 Å². The Morgan fingerprint density at radius 2 is 1.60 bits per heavy atom. The lowest BCUT2D eigenvalue weighted by molar-refractivity contribution is 0.152. The quantitative estimate of drug-likeness (QED) is 0.586. The van der Waals surface area contributed by atoms with Crippen LogP contribution < -0.4 is 0 Å². The molecule has 3 aliphatic carbocycles. The van der Waals surface area contributed by atoms with Gasteiger partial charge in [-0.25, -0.2) is 0 Å². The van der Waals surface area contributed by atoms with Crippen molar-refractivity contribution in [3.05, 3.63) is 0 Å². The zero-order chi connectivity index (χ0) is 10.3. The van der Waals surface area contributed by atoms with Crippen LogP contribution in [0.25, 0.3) is 0 Å².